The number of anilines is 1. The summed E-state index contributed by atoms with van der Waals surface area (Å²) in [7, 11) is 0. The average Bonchev–Trinajstić information content (AvgIpc) is 2.16. The Morgan fingerprint density at radius 2 is 2.15 bits per heavy atom. The van der Waals surface area contributed by atoms with Crippen LogP contribution >= 0.6 is 11.6 Å². The van der Waals surface area contributed by atoms with Gasteiger partial charge in [-0.05, 0) is 12.1 Å². The largest absolute Gasteiger partial charge is 0.375 e. The third-order valence-electron chi connectivity index (χ3n) is 1.44. The molecule has 0 aliphatic carbocycles. The Kier molecular flexibility index (Phi) is 3.54. The van der Waals surface area contributed by atoms with Crippen molar-refractivity contribution in [2.75, 3.05) is 11.9 Å². The molecule has 13 heavy (non-hydrogen) atoms. The Hall–Kier alpha value is -1.26. The van der Waals surface area contributed by atoms with Crippen LogP contribution in [-0.4, -0.2) is 17.7 Å². The molecule has 0 unspecified atom stereocenters. The molecule has 0 aromatic heterocycles. The van der Waals surface area contributed by atoms with E-state index in [1.54, 1.807) is 24.3 Å². The summed E-state index contributed by atoms with van der Waals surface area (Å²) in [6.07, 6.45) is 0. The van der Waals surface area contributed by atoms with Crippen LogP contribution in [0.2, 0.25) is 5.02 Å². The highest BCUT2D eigenvalue weighted by molar-refractivity contribution is 6.33. The van der Waals surface area contributed by atoms with E-state index in [-0.39, 0.29) is 6.54 Å². The van der Waals surface area contributed by atoms with E-state index in [0.717, 1.165) is 0 Å². The van der Waals surface area contributed by atoms with Gasteiger partial charge in [-0.2, -0.15) is 0 Å². The Morgan fingerprint density at radius 1 is 1.46 bits per heavy atom. The first-order valence-corrected chi connectivity index (χ1v) is 4.03. The number of rotatable bonds is 3. The van der Waals surface area contributed by atoms with E-state index in [9.17, 15) is 4.79 Å². The van der Waals surface area contributed by atoms with Crippen molar-refractivity contribution in [1.82, 2.24) is 5.48 Å². The van der Waals surface area contributed by atoms with Gasteiger partial charge in [-0.1, -0.05) is 23.7 Å². The van der Waals surface area contributed by atoms with Gasteiger partial charge in [0.25, 0.3) is 5.91 Å². The van der Waals surface area contributed by atoms with Crippen molar-refractivity contribution in [2.45, 2.75) is 0 Å². The van der Waals surface area contributed by atoms with Crippen molar-refractivity contribution in [1.29, 1.82) is 0 Å². The standard InChI is InChI=1S/C8H9ClN2O2/c9-6-3-1-2-4-7(6)10-5-8(12)11-13/h1-4,10,13H,5H2,(H,11,12). The predicted molar refractivity (Wildman–Crippen MR) is 49.9 cm³/mol. The first-order valence-electron chi connectivity index (χ1n) is 3.65. The number of hydrogen-bond acceptors (Lipinski definition) is 3. The van der Waals surface area contributed by atoms with Gasteiger partial charge >= 0.3 is 0 Å². The Bertz CT molecular complexity index is 304. The SMILES string of the molecule is O=C(CNc1ccccc1Cl)NO. The van der Waals surface area contributed by atoms with E-state index >= 15 is 0 Å². The zero-order valence-corrected chi connectivity index (χ0v) is 7.51. The number of carbonyl (C=O) groups is 1. The van der Waals surface area contributed by atoms with Crippen molar-refractivity contribution >= 4 is 23.2 Å². The van der Waals surface area contributed by atoms with Gasteiger partial charge in [-0.15, -0.1) is 0 Å². The van der Waals surface area contributed by atoms with Crippen LogP contribution in [0.5, 0.6) is 0 Å². The third-order valence-corrected chi connectivity index (χ3v) is 1.77. The number of benzene rings is 1. The van der Waals surface area contributed by atoms with Crippen molar-refractivity contribution in [2.24, 2.45) is 0 Å². The molecule has 3 N–H and O–H groups in total. The van der Waals surface area contributed by atoms with Gasteiger partial charge in [-0.25, -0.2) is 5.48 Å². The smallest absolute Gasteiger partial charge is 0.262 e. The maximum Gasteiger partial charge on any atom is 0.262 e. The van der Waals surface area contributed by atoms with E-state index in [4.69, 9.17) is 16.8 Å². The van der Waals surface area contributed by atoms with Gasteiger partial charge in [0.2, 0.25) is 0 Å². The van der Waals surface area contributed by atoms with Gasteiger partial charge in [0.15, 0.2) is 0 Å². The highest BCUT2D eigenvalue weighted by atomic mass is 35.5. The molecule has 70 valence electrons. The summed E-state index contributed by atoms with van der Waals surface area (Å²) >= 11 is 5.79. The molecule has 0 heterocycles. The molecule has 0 radical (unpaired) electrons. The fourth-order valence-electron chi connectivity index (χ4n) is 0.820. The fraction of sp³-hybridized carbons (Fsp3) is 0.125. The highest BCUT2D eigenvalue weighted by Crippen LogP contribution is 2.19. The molecular formula is C8H9ClN2O2. The Morgan fingerprint density at radius 3 is 2.77 bits per heavy atom. The highest BCUT2D eigenvalue weighted by Gasteiger charge is 2.00. The number of halogens is 1. The van der Waals surface area contributed by atoms with Crippen molar-refractivity contribution < 1.29 is 10.0 Å². The molecule has 5 heteroatoms. The van der Waals surface area contributed by atoms with Gasteiger partial charge in [0.1, 0.15) is 0 Å². The molecule has 1 aromatic carbocycles. The fourth-order valence-corrected chi connectivity index (χ4v) is 1.02. The lowest BCUT2D eigenvalue weighted by atomic mass is 10.3. The topological polar surface area (TPSA) is 61.4 Å². The first kappa shape index (κ1) is 9.83. The molecule has 1 amide bonds. The first-order chi connectivity index (χ1) is 6.24. The van der Waals surface area contributed by atoms with Crippen molar-refractivity contribution in [3.8, 4) is 0 Å². The summed E-state index contributed by atoms with van der Waals surface area (Å²) in [5.74, 6) is -0.514. The number of carbonyl (C=O) groups excluding carboxylic acids is 1. The summed E-state index contributed by atoms with van der Waals surface area (Å²) < 4.78 is 0. The number of hydroxylamine groups is 1. The molecule has 0 aliphatic heterocycles. The van der Waals surface area contributed by atoms with Crippen LogP contribution in [0.15, 0.2) is 24.3 Å². The third kappa shape index (κ3) is 2.93. The lowest BCUT2D eigenvalue weighted by Gasteiger charge is -2.05. The lowest BCUT2D eigenvalue weighted by molar-refractivity contribution is -0.127. The van der Waals surface area contributed by atoms with Gasteiger partial charge in [0.05, 0.1) is 17.3 Å². The average molecular weight is 201 g/mol. The zero-order chi connectivity index (χ0) is 9.68. The second-order valence-electron chi connectivity index (χ2n) is 2.37. The van der Waals surface area contributed by atoms with Crippen LogP contribution in [0.1, 0.15) is 0 Å². The molecule has 0 saturated heterocycles. The number of para-hydroxylation sites is 1. The monoisotopic (exact) mass is 200 g/mol. The molecule has 0 bridgehead atoms. The Labute approximate surface area is 80.5 Å². The molecular weight excluding hydrogens is 192 g/mol. The predicted octanol–water partition coefficient (Wildman–Crippen LogP) is 1.26. The van der Waals surface area contributed by atoms with E-state index < -0.39 is 5.91 Å². The summed E-state index contributed by atoms with van der Waals surface area (Å²) in [6.45, 7) is -0.0137. The maximum atomic E-state index is 10.6. The van der Waals surface area contributed by atoms with Crippen LogP contribution in [0.4, 0.5) is 5.69 Å². The second kappa shape index (κ2) is 4.69. The molecule has 0 aliphatic rings. The van der Waals surface area contributed by atoms with Gasteiger partial charge < -0.3 is 5.32 Å². The minimum Gasteiger partial charge on any atom is -0.375 e. The van der Waals surface area contributed by atoms with E-state index in [2.05, 4.69) is 5.32 Å². The quantitative estimate of drug-likeness (QED) is 0.509. The van der Waals surface area contributed by atoms with E-state index in [0.29, 0.717) is 10.7 Å². The summed E-state index contributed by atoms with van der Waals surface area (Å²) in [5.41, 5.74) is 2.17. The summed E-state index contributed by atoms with van der Waals surface area (Å²) in [6, 6.07) is 7.04. The molecule has 0 saturated carbocycles. The van der Waals surface area contributed by atoms with E-state index in [1.165, 1.54) is 5.48 Å². The normalized spacial score (nSPS) is 9.38. The minimum atomic E-state index is -0.514. The van der Waals surface area contributed by atoms with Crippen LogP contribution in [0, 0.1) is 0 Å². The van der Waals surface area contributed by atoms with Crippen LogP contribution in [0.25, 0.3) is 0 Å². The molecule has 0 fully saturated rings. The van der Waals surface area contributed by atoms with Gasteiger partial charge in [0, 0.05) is 0 Å². The maximum absolute atomic E-state index is 10.6. The molecule has 0 spiro atoms. The molecule has 4 nitrogen and oxygen atoms in total. The number of nitrogens with one attached hydrogen (secondary N) is 2. The van der Waals surface area contributed by atoms with Crippen molar-refractivity contribution in [3.63, 3.8) is 0 Å². The second-order valence-corrected chi connectivity index (χ2v) is 2.78. The molecule has 1 rings (SSSR count). The van der Waals surface area contributed by atoms with Crippen LogP contribution < -0.4 is 10.8 Å². The molecule has 1 aromatic rings. The van der Waals surface area contributed by atoms with Crippen LogP contribution in [0.3, 0.4) is 0 Å². The summed E-state index contributed by atoms with van der Waals surface area (Å²) in [4.78, 5) is 10.6. The number of hydrogen-bond donors (Lipinski definition) is 3. The summed E-state index contributed by atoms with van der Waals surface area (Å²) in [5, 5.41) is 11.5. The minimum absolute atomic E-state index is 0.0137. The zero-order valence-electron chi connectivity index (χ0n) is 6.75. The van der Waals surface area contributed by atoms with Gasteiger partial charge in [-0.3, -0.25) is 10.0 Å². The van der Waals surface area contributed by atoms with E-state index in [1.807, 2.05) is 0 Å². The Balaban J connectivity index is 2.54. The lowest BCUT2D eigenvalue weighted by Crippen LogP contribution is -2.26. The molecule has 0 atom stereocenters. The van der Waals surface area contributed by atoms with Crippen LogP contribution in [-0.2, 0) is 4.79 Å². The number of amides is 1. The van der Waals surface area contributed by atoms with Crippen molar-refractivity contribution in [3.05, 3.63) is 29.3 Å².